The Morgan fingerprint density at radius 2 is 2.08 bits per heavy atom. The Kier molecular flexibility index (Phi) is 4.20. The van der Waals surface area contributed by atoms with E-state index in [1.54, 1.807) is 0 Å². The van der Waals surface area contributed by atoms with Crippen molar-refractivity contribution in [2.24, 2.45) is 11.8 Å². The van der Waals surface area contributed by atoms with E-state index in [4.69, 9.17) is 0 Å². The summed E-state index contributed by atoms with van der Waals surface area (Å²) in [5.41, 5.74) is 0. The Labute approximate surface area is 81.9 Å². The van der Waals surface area contributed by atoms with E-state index < -0.39 is 0 Å². The van der Waals surface area contributed by atoms with E-state index in [1.807, 2.05) is 6.92 Å². The molecule has 0 aromatic rings. The summed E-state index contributed by atoms with van der Waals surface area (Å²) in [5, 5.41) is 9.29. The molecule has 1 saturated heterocycles. The Balaban J connectivity index is 2.33. The second-order valence-corrected chi connectivity index (χ2v) is 4.75. The number of β-amino-alcohol motifs (C(OH)–C–C–N with tert-alkyl or cyclic N) is 1. The molecular formula is C11H23NO. The molecule has 1 aliphatic heterocycles. The minimum absolute atomic E-state index is 0.175. The summed E-state index contributed by atoms with van der Waals surface area (Å²) in [4.78, 5) is 2.40. The van der Waals surface area contributed by atoms with Gasteiger partial charge >= 0.3 is 0 Å². The van der Waals surface area contributed by atoms with Crippen molar-refractivity contribution >= 4 is 0 Å². The van der Waals surface area contributed by atoms with Crippen LogP contribution < -0.4 is 0 Å². The Morgan fingerprint density at radius 1 is 1.38 bits per heavy atom. The van der Waals surface area contributed by atoms with Crippen molar-refractivity contribution in [1.29, 1.82) is 0 Å². The maximum atomic E-state index is 9.29. The van der Waals surface area contributed by atoms with Crippen LogP contribution in [0.25, 0.3) is 0 Å². The fourth-order valence-corrected chi connectivity index (χ4v) is 2.17. The van der Waals surface area contributed by atoms with Gasteiger partial charge in [-0.25, -0.2) is 0 Å². The van der Waals surface area contributed by atoms with Crippen molar-refractivity contribution in [3.63, 3.8) is 0 Å². The molecule has 13 heavy (non-hydrogen) atoms. The Bertz CT molecular complexity index is 145. The molecule has 0 spiro atoms. The van der Waals surface area contributed by atoms with E-state index in [-0.39, 0.29) is 6.10 Å². The van der Waals surface area contributed by atoms with Gasteiger partial charge in [-0.1, -0.05) is 13.8 Å². The number of rotatable bonds is 3. The van der Waals surface area contributed by atoms with Crippen LogP contribution in [0.15, 0.2) is 0 Å². The van der Waals surface area contributed by atoms with Crippen molar-refractivity contribution in [3.8, 4) is 0 Å². The van der Waals surface area contributed by atoms with Gasteiger partial charge in [-0.3, -0.25) is 0 Å². The standard InChI is InChI=1S/C11H23NO/c1-9(2)11-5-4-6-12(8-11)7-10(3)13/h9-11,13H,4-8H2,1-3H3/t10-,11?/m1/s1. The highest BCUT2D eigenvalue weighted by Crippen LogP contribution is 2.23. The lowest BCUT2D eigenvalue weighted by molar-refractivity contribution is 0.0834. The van der Waals surface area contributed by atoms with E-state index in [1.165, 1.54) is 25.9 Å². The zero-order valence-electron chi connectivity index (χ0n) is 9.16. The van der Waals surface area contributed by atoms with E-state index in [2.05, 4.69) is 18.7 Å². The number of nitrogens with zero attached hydrogens (tertiary/aromatic N) is 1. The molecule has 1 aliphatic rings. The van der Waals surface area contributed by atoms with Crippen LogP contribution in [0.3, 0.4) is 0 Å². The van der Waals surface area contributed by atoms with Crippen molar-refractivity contribution in [2.75, 3.05) is 19.6 Å². The van der Waals surface area contributed by atoms with Gasteiger partial charge in [0, 0.05) is 13.1 Å². The van der Waals surface area contributed by atoms with Crippen LogP contribution in [-0.4, -0.2) is 35.7 Å². The molecule has 1 unspecified atom stereocenters. The normalized spacial score (nSPS) is 27.9. The first-order valence-electron chi connectivity index (χ1n) is 5.50. The Hall–Kier alpha value is -0.0800. The summed E-state index contributed by atoms with van der Waals surface area (Å²) >= 11 is 0. The van der Waals surface area contributed by atoms with Gasteiger partial charge in [0.25, 0.3) is 0 Å². The predicted octanol–water partition coefficient (Wildman–Crippen LogP) is 1.74. The zero-order valence-corrected chi connectivity index (χ0v) is 9.16. The second kappa shape index (κ2) is 4.97. The SMILES string of the molecule is CC(C)C1CCCN(C[C@@H](C)O)C1. The number of hydrogen-bond acceptors (Lipinski definition) is 2. The molecule has 2 heteroatoms. The van der Waals surface area contributed by atoms with Crippen LogP contribution in [0, 0.1) is 11.8 Å². The average Bonchev–Trinajstić information content (AvgIpc) is 2.03. The molecule has 2 atom stereocenters. The highest BCUT2D eigenvalue weighted by molar-refractivity contribution is 4.75. The van der Waals surface area contributed by atoms with Gasteiger partial charge < -0.3 is 10.0 Å². The third-order valence-electron chi connectivity index (χ3n) is 3.01. The molecule has 0 aliphatic carbocycles. The van der Waals surface area contributed by atoms with Crippen LogP contribution in [0.1, 0.15) is 33.6 Å². The molecule has 0 radical (unpaired) electrons. The van der Waals surface area contributed by atoms with E-state index in [9.17, 15) is 5.11 Å². The summed E-state index contributed by atoms with van der Waals surface area (Å²) in [7, 11) is 0. The molecule has 78 valence electrons. The van der Waals surface area contributed by atoms with Gasteiger partial charge in [0.15, 0.2) is 0 Å². The molecule has 2 nitrogen and oxygen atoms in total. The number of piperidine rings is 1. The Morgan fingerprint density at radius 3 is 2.62 bits per heavy atom. The van der Waals surface area contributed by atoms with E-state index in [0.717, 1.165) is 18.4 Å². The monoisotopic (exact) mass is 185 g/mol. The van der Waals surface area contributed by atoms with Crippen molar-refractivity contribution < 1.29 is 5.11 Å². The molecule has 0 amide bonds. The van der Waals surface area contributed by atoms with E-state index in [0.29, 0.717) is 0 Å². The molecular weight excluding hydrogens is 162 g/mol. The molecule has 1 N–H and O–H groups in total. The fraction of sp³-hybridized carbons (Fsp3) is 1.00. The number of likely N-dealkylation sites (tertiary alicyclic amines) is 1. The van der Waals surface area contributed by atoms with Gasteiger partial charge in [0.05, 0.1) is 6.10 Å². The van der Waals surface area contributed by atoms with Crippen LogP contribution in [-0.2, 0) is 0 Å². The zero-order chi connectivity index (χ0) is 9.84. The topological polar surface area (TPSA) is 23.5 Å². The molecule has 0 saturated carbocycles. The third kappa shape index (κ3) is 3.65. The van der Waals surface area contributed by atoms with Crippen LogP contribution >= 0.6 is 0 Å². The van der Waals surface area contributed by atoms with E-state index >= 15 is 0 Å². The van der Waals surface area contributed by atoms with Crippen LogP contribution in [0.5, 0.6) is 0 Å². The maximum absolute atomic E-state index is 9.29. The van der Waals surface area contributed by atoms with Crippen LogP contribution in [0.4, 0.5) is 0 Å². The first kappa shape index (κ1) is 11.0. The quantitative estimate of drug-likeness (QED) is 0.724. The first-order valence-corrected chi connectivity index (χ1v) is 5.50. The number of aliphatic hydroxyl groups excluding tert-OH is 1. The molecule has 1 fully saturated rings. The molecule has 0 aromatic carbocycles. The lowest BCUT2D eigenvalue weighted by atomic mass is 9.88. The van der Waals surface area contributed by atoms with Gasteiger partial charge in [0.2, 0.25) is 0 Å². The highest BCUT2D eigenvalue weighted by atomic mass is 16.3. The second-order valence-electron chi connectivity index (χ2n) is 4.75. The lowest BCUT2D eigenvalue weighted by Gasteiger charge is -2.35. The van der Waals surface area contributed by atoms with Gasteiger partial charge in [-0.2, -0.15) is 0 Å². The minimum Gasteiger partial charge on any atom is -0.392 e. The summed E-state index contributed by atoms with van der Waals surface area (Å²) in [6, 6.07) is 0. The van der Waals surface area contributed by atoms with Crippen molar-refractivity contribution in [2.45, 2.75) is 39.7 Å². The maximum Gasteiger partial charge on any atom is 0.0639 e. The smallest absolute Gasteiger partial charge is 0.0639 e. The fourth-order valence-electron chi connectivity index (χ4n) is 2.17. The highest BCUT2D eigenvalue weighted by Gasteiger charge is 2.22. The van der Waals surface area contributed by atoms with Crippen molar-refractivity contribution in [1.82, 2.24) is 4.90 Å². The van der Waals surface area contributed by atoms with Gasteiger partial charge in [0.1, 0.15) is 0 Å². The molecule has 1 rings (SSSR count). The molecule has 0 aromatic heterocycles. The lowest BCUT2D eigenvalue weighted by Crippen LogP contribution is -2.40. The largest absolute Gasteiger partial charge is 0.392 e. The predicted molar refractivity (Wildman–Crippen MR) is 55.7 cm³/mol. The van der Waals surface area contributed by atoms with Gasteiger partial charge in [-0.15, -0.1) is 0 Å². The van der Waals surface area contributed by atoms with Crippen LogP contribution in [0.2, 0.25) is 0 Å². The number of aliphatic hydroxyl groups is 1. The number of hydrogen-bond donors (Lipinski definition) is 1. The molecule has 1 heterocycles. The van der Waals surface area contributed by atoms with Gasteiger partial charge in [-0.05, 0) is 38.1 Å². The molecule has 0 bridgehead atoms. The van der Waals surface area contributed by atoms with Crippen molar-refractivity contribution in [3.05, 3.63) is 0 Å². The summed E-state index contributed by atoms with van der Waals surface area (Å²) < 4.78 is 0. The average molecular weight is 185 g/mol. The summed E-state index contributed by atoms with van der Waals surface area (Å²) in [6.45, 7) is 9.69. The first-order chi connectivity index (χ1) is 6.09. The third-order valence-corrected chi connectivity index (χ3v) is 3.01. The summed E-state index contributed by atoms with van der Waals surface area (Å²) in [6.07, 6.45) is 2.50. The minimum atomic E-state index is -0.175. The summed E-state index contributed by atoms with van der Waals surface area (Å²) in [5.74, 6) is 1.63.